The van der Waals surface area contributed by atoms with Gasteiger partial charge in [0.05, 0.1) is 12.2 Å². The molecule has 1 fully saturated rings. The summed E-state index contributed by atoms with van der Waals surface area (Å²) in [5.74, 6) is 0.669. The third-order valence-electron chi connectivity index (χ3n) is 3.03. The molecule has 1 aliphatic heterocycles. The van der Waals surface area contributed by atoms with E-state index in [0.717, 1.165) is 19.5 Å². The Morgan fingerprint density at radius 3 is 2.50 bits per heavy atom. The van der Waals surface area contributed by atoms with Crippen molar-refractivity contribution in [1.29, 1.82) is 0 Å². The van der Waals surface area contributed by atoms with Gasteiger partial charge >= 0.3 is 0 Å². The van der Waals surface area contributed by atoms with Crippen molar-refractivity contribution in [3.05, 3.63) is 0 Å². The smallest absolute Gasteiger partial charge is 0.222 e. The van der Waals surface area contributed by atoms with Crippen molar-refractivity contribution < 1.29 is 9.53 Å². The van der Waals surface area contributed by atoms with Crippen LogP contribution in [0, 0.1) is 5.92 Å². The van der Waals surface area contributed by atoms with E-state index in [9.17, 15) is 4.79 Å². The first kappa shape index (κ1) is 13.5. The van der Waals surface area contributed by atoms with Crippen LogP contribution in [0.3, 0.4) is 0 Å². The summed E-state index contributed by atoms with van der Waals surface area (Å²) in [6, 6.07) is 0. The minimum Gasteiger partial charge on any atom is -0.372 e. The number of morpholine rings is 1. The van der Waals surface area contributed by atoms with Crippen molar-refractivity contribution >= 4 is 5.91 Å². The molecule has 0 aromatic rings. The predicted molar refractivity (Wildman–Crippen MR) is 64.0 cm³/mol. The quantitative estimate of drug-likeness (QED) is 0.781. The lowest BCUT2D eigenvalue weighted by Gasteiger charge is -2.35. The molecule has 4 heteroatoms. The van der Waals surface area contributed by atoms with E-state index < -0.39 is 0 Å². The average molecular weight is 228 g/mol. The number of rotatable bonds is 4. The van der Waals surface area contributed by atoms with Crippen LogP contribution in [0.15, 0.2) is 0 Å². The lowest BCUT2D eigenvalue weighted by atomic mass is 10.1. The standard InChI is InChI=1S/C12H24N2O2/c1-9(6-13)4-5-12(15)14-7-10(2)16-11(3)8-14/h9-11H,4-8,13H2,1-3H3. The summed E-state index contributed by atoms with van der Waals surface area (Å²) in [6.07, 6.45) is 1.80. The molecule has 0 aromatic carbocycles. The Hall–Kier alpha value is -0.610. The second kappa shape index (κ2) is 6.21. The van der Waals surface area contributed by atoms with Crippen molar-refractivity contribution in [3.63, 3.8) is 0 Å². The van der Waals surface area contributed by atoms with Crippen molar-refractivity contribution in [2.45, 2.75) is 45.8 Å². The second-order valence-electron chi connectivity index (χ2n) is 4.94. The van der Waals surface area contributed by atoms with E-state index in [1.807, 2.05) is 18.7 Å². The number of hydrogen-bond acceptors (Lipinski definition) is 3. The van der Waals surface area contributed by atoms with Gasteiger partial charge in [-0.3, -0.25) is 4.79 Å². The normalized spacial score (nSPS) is 27.9. The van der Waals surface area contributed by atoms with Crippen LogP contribution in [0.5, 0.6) is 0 Å². The molecule has 3 atom stereocenters. The fraction of sp³-hybridized carbons (Fsp3) is 0.917. The molecule has 0 spiro atoms. The van der Waals surface area contributed by atoms with E-state index in [4.69, 9.17) is 10.5 Å². The molecule has 0 bridgehead atoms. The third kappa shape index (κ3) is 4.10. The fourth-order valence-corrected chi connectivity index (χ4v) is 2.03. The molecular formula is C12H24N2O2. The molecular weight excluding hydrogens is 204 g/mol. The van der Waals surface area contributed by atoms with E-state index in [1.165, 1.54) is 0 Å². The van der Waals surface area contributed by atoms with E-state index in [2.05, 4.69) is 6.92 Å². The summed E-state index contributed by atoms with van der Waals surface area (Å²) in [5.41, 5.74) is 5.54. The zero-order chi connectivity index (χ0) is 12.1. The third-order valence-corrected chi connectivity index (χ3v) is 3.03. The van der Waals surface area contributed by atoms with Crippen LogP contribution in [0.4, 0.5) is 0 Å². The van der Waals surface area contributed by atoms with Crippen LogP contribution in [0.2, 0.25) is 0 Å². The highest BCUT2D eigenvalue weighted by Crippen LogP contribution is 2.13. The van der Waals surface area contributed by atoms with Gasteiger partial charge in [-0.1, -0.05) is 6.92 Å². The molecule has 1 heterocycles. The first-order valence-electron chi connectivity index (χ1n) is 6.16. The zero-order valence-corrected chi connectivity index (χ0v) is 10.6. The maximum Gasteiger partial charge on any atom is 0.222 e. The lowest BCUT2D eigenvalue weighted by Crippen LogP contribution is -2.48. The number of carbonyl (C=O) groups excluding carboxylic acids is 1. The molecule has 4 nitrogen and oxygen atoms in total. The van der Waals surface area contributed by atoms with Gasteiger partial charge in [-0.25, -0.2) is 0 Å². The van der Waals surface area contributed by atoms with Gasteiger partial charge in [-0.15, -0.1) is 0 Å². The maximum atomic E-state index is 11.9. The fourth-order valence-electron chi connectivity index (χ4n) is 2.03. The van der Waals surface area contributed by atoms with Crippen LogP contribution in [0.1, 0.15) is 33.6 Å². The van der Waals surface area contributed by atoms with Crippen molar-refractivity contribution in [2.24, 2.45) is 11.7 Å². The summed E-state index contributed by atoms with van der Waals surface area (Å²) in [4.78, 5) is 13.9. The van der Waals surface area contributed by atoms with Gasteiger partial charge in [0.15, 0.2) is 0 Å². The number of carbonyl (C=O) groups is 1. The minimum atomic E-state index is 0.152. The average Bonchev–Trinajstić information content (AvgIpc) is 2.23. The van der Waals surface area contributed by atoms with Gasteiger partial charge in [0, 0.05) is 19.5 Å². The Bertz CT molecular complexity index is 223. The zero-order valence-electron chi connectivity index (χ0n) is 10.6. The first-order chi connectivity index (χ1) is 7.52. The van der Waals surface area contributed by atoms with Gasteiger partial charge in [0.25, 0.3) is 0 Å². The molecule has 1 aliphatic rings. The minimum absolute atomic E-state index is 0.152. The van der Waals surface area contributed by atoms with Crippen LogP contribution in [0.25, 0.3) is 0 Å². The topological polar surface area (TPSA) is 55.6 Å². The Kier molecular flexibility index (Phi) is 5.22. The molecule has 2 N–H and O–H groups in total. The Balaban J connectivity index is 2.35. The summed E-state index contributed by atoms with van der Waals surface area (Å²) in [6.45, 7) is 8.21. The molecule has 0 aromatic heterocycles. The highest BCUT2D eigenvalue weighted by molar-refractivity contribution is 5.76. The molecule has 94 valence electrons. The van der Waals surface area contributed by atoms with Gasteiger partial charge < -0.3 is 15.4 Å². The van der Waals surface area contributed by atoms with Crippen LogP contribution in [-0.4, -0.2) is 42.6 Å². The molecule has 1 amide bonds. The van der Waals surface area contributed by atoms with Crippen LogP contribution >= 0.6 is 0 Å². The number of nitrogens with two attached hydrogens (primary N) is 1. The maximum absolute atomic E-state index is 11.9. The van der Waals surface area contributed by atoms with Gasteiger partial charge in [-0.05, 0) is 32.7 Å². The Labute approximate surface area is 98.1 Å². The SMILES string of the molecule is CC(CN)CCC(=O)N1CC(C)OC(C)C1. The van der Waals surface area contributed by atoms with E-state index in [1.54, 1.807) is 0 Å². The predicted octanol–water partition coefficient (Wildman–Crippen LogP) is 0.997. The monoisotopic (exact) mass is 228 g/mol. The summed E-state index contributed by atoms with van der Waals surface area (Å²) < 4.78 is 5.60. The molecule has 3 unspecified atom stereocenters. The number of ether oxygens (including phenoxy) is 1. The number of hydrogen-bond donors (Lipinski definition) is 1. The van der Waals surface area contributed by atoms with Gasteiger partial charge in [0.1, 0.15) is 0 Å². The highest BCUT2D eigenvalue weighted by atomic mass is 16.5. The number of nitrogens with zero attached hydrogens (tertiary/aromatic N) is 1. The van der Waals surface area contributed by atoms with Crippen LogP contribution in [-0.2, 0) is 9.53 Å². The van der Waals surface area contributed by atoms with E-state index in [-0.39, 0.29) is 18.1 Å². The Morgan fingerprint density at radius 1 is 1.44 bits per heavy atom. The van der Waals surface area contributed by atoms with E-state index in [0.29, 0.717) is 18.9 Å². The molecule has 0 radical (unpaired) electrons. The van der Waals surface area contributed by atoms with Crippen LogP contribution < -0.4 is 5.73 Å². The largest absolute Gasteiger partial charge is 0.372 e. The molecule has 0 saturated carbocycles. The van der Waals surface area contributed by atoms with Gasteiger partial charge in [0.2, 0.25) is 5.91 Å². The second-order valence-corrected chi connectivity index (χ2v) is 4.94. The first-order valence-corrected chi connectivity index (χ1v) is 6.16. The molecule has 1 rings (SSSR count). The number of amides is 1. The summed E-state index contributed by atoms with van der Waals surface area (Å²) >= 11 is 0. The lowest BCUT2D eigenvalue weighted by molar-refractivity contribution is -0.143. The summed E-state index contributed by atoms with van der Waals surface area (Å²) in [5, 5.41) is 0. The van der Waals surface area contributed by atoms with Crippen molar-refractivity contribution in [1.82, 2.24) is 4.90 Å². The van der Waals surface area contributed by atoms with Crippen molar-refractivity contribution in [2.75, 3.05) is 19.6 Å². The van der Waals surface area contributed by atoms with Gasteiger partial charge in [-0.2, -0.15) is 0 Å². The van der Waals surface area contributed by atoms with E-state index >= 15 is 0 Å². The molecule has 16 heavy (non-hydrogen) atoms. The summed E-state index contributed by atoms with van der Waals surface area (Å²) in [7, 11) is 0. The van der Waals surface area contributed by atoms with Crippen molar-refractivity contribution in [3.8, 4) is 0 Å². The highest BCUT2D eigenvalue weighted by Gasteiger charge is 2.25. The molecule has 1 saturated heterocycles. The molecule has 0 aliphatic carbocycles. The Morgan fingerprint density at radius 2 is 2.00 bits per heavy atom.